The van der Waals surface area contributed by atoms with Crippen LogP contribution in [0.4, 0.5) is 0 Å². The molecule has 1 aliphatic carbocycles. The first-order valence-corrected chi connectivity index (χ1v) is 7.53. The lowest BCUT2D eigenvalue weighted by Gasteiger charge is -2.40. The zero-order chi connectivity index (χ0) is 14.1. The lowest BCUT2D eigenvalue weighted by molar-refractivity contribution is 0.125. The molecule has 1 N–H and O–H groups in total. The fourth-order valence-corrected chi connectivity index (χ4v) is 2.93. The Morgan fingerprint density at radius 2 is 2.32 bits per heavy atom. The van der Waals surface area contributed by atoms with E-state index in [0.29, 0.717) is 6.04 Å². The first-order valence-electron chi connectivity index (χ1n) is 7.53. The Balaban J connectivity index is 2.49. The van der Waals surface area contributed by atoms with E-state index in [1.165, 1.54) is 6.42 Å². The molecule has 1 aliphatic rings. The summed E-state index contributed by atoms with van der Waals surface area (Å²) in [6.45, 7) is 4.95. The second-order valence-corrected chi connectivity index (χ2v) is 5.70. The zero-order valence-electron chi connectivity index (χ0n) is 12.7. The van der Waals surface area contributed by atoms with Gasteiger partial charge in [-0.15, -0.1) is 0 Å². The Hall–Kier alpha value is -0.630. The van der Waals surface area contributed by atoms with Gasteiger partial charge in [-0.2, -0.15) is 5.26 Å². The van der Waals surface area contributed by atoms with Crippen LogP contribution in [0.5, 0.6) is 0 Å². The van der Waals surface area contributed by atoms with Gasteiger partial charge in [0.1, 0.15) is 5.54 Å². The Morgan fingerprint density at radius 3 is 2.95 bits per heavy atom. The van der Waals surface area contributed by atoms with E-state index in [4.69, 9.17) is 4.74 Å². The van der Waals surface area contributed by atoms with Crippen molar-refractivity contribution in [1.82, 2.24) is 10.2 Å². The molecule has 110 valence electrons. The molecule has 0 aromatic carbocycles. The summed E-state index contributed by atoms with van der Waals surface area (Å²) in [5, 5.41) is 13.0. The van der Waals surface area contributed by atoms with Gasteiger partial charge in [0.2, 0.25) is 0 Å². The average molecular weight is 267 g/mol. The van der Waals surface area contributed by atoms with Gasteiger partial charge in [0.05, 0.1) is 6.07 Å². The highest BCUT2D eigenvalue weighted by molar-refractivity contribution is 5.11. The summed E-state index contributed by atoms with van der Waals surface area (Å²) in [7, 11) is 3.92. The van der Waals surface area contributed by atoms with E-state index in [2.05, 4.69) is 30.3 Å². The third kappa shape index (κ3) is 5.10. The second kappa shape index (κ2) is 8.52. The monoisotopic (exact) mass is 267 g/mol. The molecule has 0 aromatic rings. The first-order chi connectivity index (χ1) is 9.17. The number of methoxy groups -OCH3 is 1. The van der Waals surface area contributed by atoms with Crippen LogP contribution >= 0.6 is 0 Å². The summed E-state index contributed by atoms with van der Waals surface area (Å²) in [6.07, 6.45) is 6.44. The molecule has 0 saturated heterocycles. The van der Waals surface area contributed by atoms with Crippen LogP contribution in [0.2, 0.25) is 0 Å². The van der Waals surface area contributed by atoms with E-state index in [9.17, 15) is 5.26 Å². The summed E-state index contributed by atoms with van der Waals surface area (Å²) in [4.78, 5) is 2.40. The van der Waals surface area contributed by atoms with Crippen LogP contribution in [0.15, 0.2) is 0 Å². The molecule has 0 radical (unpaired) electrons. The summed E-state index contributed by atoms with van der Waals surface area (Å²) in [5.74, 6) is 0. The quantitative estimate of drug-likeness (QED) is 0.685. The van der Waals surface area contributed by atoms with Crippen LogP contribution in [0.25, 0.3) is 0 Å². The van der Waals surface area contributed by atoms with Crippen molar-refractivity contribution in [3.8, 4) is 6.07 Å². The van der Waals surface area contributed by atoms with E-state index in [1.807, 2.05) is 0 Å². The van der Waals surface area contributed by atoms with Gasteiger partial charge in [-0.05, 0) is 52.1 Å². The van der Waals surface area contributed by atoms with Crippen molar-refractivity contribution >= 4 is 0 Å². The number of rotatable bonds is 8. The number of nitriles is 1. The highest BCUT2D eigenvalue weighted by atomic mass is 16.5. The normalized spacial score (nSPS) is 27.4. The molecule has 0 spiro atoms. The number of hydrogen-bond acceptors (Lipinski definition) is 4. The summed E-state index contributed by atoms with van der Waals surface area (Å²) in [5.41, 5.74) is -0.297. The highest BCUT2D eigenvalue weighted by Crippen LogP contribution is 2.30. The van der Waals surface area contributed by atoms with E-state index in [-0.39, 0.29) is 5.54 Å². The second-order valence-electron chi connectivity index (χ2n) is 5.70. The van der Waals surface area contributed by atoms with Crippen molar-refractivity contribution < 1.29 is 4.74 Å². The fraction of sp³-hybridized carbons (Fsp3) is 0.933. The SMILES string of the molecule is CCCNC1(C#N)CCCC(N(C)CCCOC)C1. The molecule has 0 amide bonds. The molecule has 1 fully saturated rings. The molecule has 4 nitrogen and oxygen atoms in total. The van der Waals surface area contributed by atoms with Crippen molar-refractivity contribution in [3.05, 3.63) is 0 Å². The van der Waals surface area contributed by atoms with Gasteiger partial charge in [-0.25, -0.2) is 0 Å². The molecular weight excluding hydrogens is 238 g/mol. The van der Waals surface area contributed by atoms with Crippen LogP contribution in [-0.2, 0) is 4.74 Å². The lowest BCUT2D eigenvalue weighted by Crippen LogP contribution is -2.52. The van der Waals surface area contributed by atoms with Gasteiger partial charge in [0.25, 0.3) is 0 Å². The van der Waals surface area contributed by atoms with Crippen molar-refractivity contribution in [1.29, 1.82) is 5.26 Å². The summed E-state index contributed by atoms with van der Waals surface area (Å²) < 4.78 is 5.10. The lowest BCUT2D eigenvalue weighted by atomic mass is 9.79. The fourth-order valence-electron chi connectivity index (χ4n) is 2.93. The molecule has 1 rings (SSSR count). The topological polar surface area (TPSA) is 48.3 Å². The van der Waals surface area contributed by atoms with Crippen molar-refractivity contribution in [3.63, 3.8) is 0 Å². The molecule has 4 heteroatoms. The van der Waals surface area contributed by atoms with Crippen molar-refractivity contribution in [2.24, 2.45) is 0 Å². The minimum absolute atomic E-state index is 0.297. The van der Waals surface area contributed by atoms with E-state index < -0.39 is 0 Å². The van der Waals surface area contributed by atoms with Gasteiger partial charge in [0.15, 0.2) is 0 Å². The minimum Gasteiger partial charge on any atom is -0.385 e. The van der Waals surface area contributed by atoms with Gasteiger partial charge in [-0.1, -0.05) is 6.92 Å². The van der Waals surface area contributed by atoms with Crippen LogP contribution in [0.1, 0.15) is 45.4 Å². The standard InChI is InChI=1S/C15H29N3O/c1-4-9-17-15(13-16)8-5-7-14(12-15)18(2)10-6-11-19-3/h14,17H,4-12H2,1-3H3. The molecule has 2 atom stereocenters. The highest BCUT2D eigenvalue weighted by Gasteiger charge is 2.37. The Labute approximate surface area is 118 Å². The maximum Gasteiger partial charge on any atom is 0.108 e. The molecule has 2 unspecified atom stereocenters. The van der Waals surface area contributed by atoms with Gasteiger partial charge in [0, 0.05) is 26.3 Å². The van der Waals surface area contributed by atoms with E-state index >= 15 is 0 Å². The molecule has 0 aliphatic heterocycles. The average Bonchev–Trinajstić information content (AvgIpc) is 2.45. The maximum absolute atomic E-state index is 9.53. The molecule has 0 heterocycles. The number of ether oxygens (including phenoxy) is 1. The maximum atomic E-state index is 9.53. The number of nitrogens with one attached hydrogen (secondary N) is 1. The Morgan fingerprint density at radius 1 is 1.53 bits per heavy atom. The van der Waals surface area contributed by atoms with Crippen molar-refractivity contribution in [2.75, 3.05) is 33.9 Å². The van der Waals surface area contributed by atoms with Crippen LogP contribution in [0.3, 0.4) is 0 Å². The molecule has 0 bridgehead atoms. The van der Waals surface area contributed by atoms with Crippen LogP contribution in [-0.4, -0.2) is 50.3 Å². The summed E-state index contributed by atoms with van der Waals surface area (Å²) in [6, 6.07) is 3.06. The zero-order valence-corrected chi connectivity index (χ0v) is 12.7. The van der Waals surface area contributed by atoms with E-state index in [1.54, 1.807) is 7.11 Å². The van der Waals surface area contributed by atoms with Gasteiger partial charge < -0.3 is 9.64 Å². The van der Waals surface area contributed by atoms with E-state index in [0.717, 1.165) is 51.8 Å². The predicted molar refractivity (Wildman–Crippen MR) is 78.0 cm³/mol. The smallest absolute Gasteiger partial charge is 0.108 e. The number of nitrogens with zero attached hydrogens (tertiary/aromatic N) is 2. The molecule has 0 aromatic heterocycles. The van der Waals surface area contributed by atoms with Crippen LogP contribution < -0.4 is 5.32 Å². The number of hydrogen-bond donors (Lipinski definition) is 1. The third-order valence-corrected chi connectivity index (χ3v) is 4.14. The third-order valence-electron chi connectivity index (χ3n) is 4.14. The van der Waals surface area contributed by atoms with Crippen LogP contribution in [0, 0.1) is 11.3 Å². The predicted octanol–water partition coefficient (Wildman–Crippen LogP) is 2.16. The Bertz CT molecular complexity index is 290. The molecular formula is C15H29N3O. The van der Waals surface area contributed by atoms with Crippen molar-refractivity contribution in [2.45, 2.75) is 57.0 Å². The Kier molecular flexibility index (Phi) is 7.37. The van der Waals surface area contributed by atoms with Gasteiger partial charge >= 0.3 is 0 Å². The molecule has 1 saturated carbocycles. The molecule has 19 heavy (non-hydrogen) atoms. The minimum atomic E-state index is -0.297. The first kappa shape index (κ1) is 16.4. The largest absolute Gasteiger partial charge is 0.385 e. The van der Waals surface area contributed by atoms with Gasteiger partial charge in [-0.3, -0.25) is 5.32 Å². The summed E-state index contributed by atoms with van der Waals surface area (Å²) >= 11 is 0.